The van der Waals surface area contributed by atoms with Gasteiger partial charge in [0.05, 0.1) is 129 Å². The van der Waals surface area contributed by atoms with Gasteiger partial charge >= 0.3 is 58.2 Å². The summed E-state index contributed by atoms with van der Waals surface area (Å²) in [5.74, 6) is -9.93. The van der Waals surface area contributed by atoms with Crippen LogP contribution in [0.3, 0.4) is 0 Å². The molecule has 4 aromatic heterocycles. The molecule has 4 aromatic carbocycles. The SMILES string of the molecule is COC(=O)[C@H](CCC(=O)CCCOCCOCCN)NC(=O)c1ccc(N(Cc2cnc3nc(N)[nH]c(=O)c3n2)C(=O)C(F)(F)F)cc1.COC(=O)[C@H](CCC(=O)CCCOCCOCCNC(=O)c1ccc([N+](C)(C)C)c(C#N)c1)NC(=O)c1ccc(N(Cc2cnc3nc(N)[nH]c(=O)c3n2)C(=O)C(F)(F)F)cc1.Cc1ccc(C(=O)O)cc1C#N.F[C-](F)F.O=S(=O)([O-])C(F)(F)F.O=S(=O)=O. The first-order valence-electron chi connectivity index (χ1n) is 39.3. The number of carboxylic acid groups (broad SMARTS) is 1. The Bertz CT molecular complexity index is 5990. The fraction of sp³-hybridized carbons (Fsp3) is 0.388. The molecule has 0 aliphatic carbocycles. The molecule has 44 nitrogen and oxygen atoms in total. The van der Waals surface area contributed by atoms with E-state index in [4.69, 9.17) is 81.6 Å². The zero-order valence-electron chi connectivity index (χ0n) is 73.3. The molecule has 0 fully saturated rings. The van der Waals surface area contributed by atoms with Crippen LogP contribution in [-0.4, -0.2) is 261 Å². The topological polar surface area (TPSA) is 666 Å². The summed E-state index contributed by atoms with van der Waals surface area (Å²) < 4.78 is 226. The number of esters is 2. The number of alkyl halides is 9. The van der Waals surface area contributed by atoms with Crippen LogP contribution < -0.4 is 58.6 Å². The van der Waals surface area contributed by atoms with Crippen LogP contribution in [0.5, 0.6) is 0 Å². The normalized spacial score (nSPS) is 11.6. The summed E-state index contributed by atoms with van der Waals surface area (Å²) in [6, 6.07) is 20.0. The Labute approximate surface area is 775 Å². The number of Topliss-reactive ketones (excluding diaryl/α,β-unsaturated/α-hetero) is 2. The van der Waals surface area contributed by atoms with E-state index in [0.29, 0.717) is 76.8 Å². The lowest BCUT2D eigenvalue weighted by atomic mass is 10.1. The number of hydrogen-bond acceptors (Lipinski definition) is 35. The molecular formula is C80H88F12N19O25S2-. The van der Waals surface area contributed by atoms with E-state index in [9.17, 15) is 115 Å². The van der Waals surface area contributed by atoms with Crippen molar-refractivity contribution in [2.45, 2.75) is 101 Å². The van der Waals surface area contributed by atoms with Crippen molar-refractivity contribution in [1.29, 1.82) is 10.5 Å². The highest BCUT2D eigenvalue weighted by Crippen LogP contribution is 2.30. The highest BCUT2D eigenvalue weighted by molar-refractivity contribution is 7.86. The smallest absolute Gasteiger partial charge is 0.485 e. The molecule has 0 spiro atoms. The van der Waals surface area contributed by atoms with Crippen LogP contribution in [0.15, 0.2) is 107 Å². The number of H-pyrrole nitrogens is 2. The van der Waals surface area contributed by atoms with E-state index >= 15 is 0 Å². The highest BCUT2D eigenvalue weighted by Gasteiger charge is 2.45. The van der Waals surface area contributed by atoms with Crippen LogP contribution in [0, 0.1) is 36.3 Å². The Balaban J connectivity index is 0.000000562. The lowest BCUT2D eigenvalue weighted by molar-refractivity contribution is -0.170. The minimum Gasteiger partial charge on any atom is -0.741 e. The largest absolute Gasteiger partial charge is 0.741 e. The zero-order valence-corrected chi connectivity index (χ0v) is 74.9. The van der Waals surface area contributed by atoms with Crippen LogP contribution >= 0.6 is 0 Å². The molecule has 2 atom stereocenters. The number of nitrogens with one attached hydrogen (secondary N) is 5. The summed E-state index contributed by atoms with van der Waals surface area (Å²) in [6.07, 6.45) is -7.68. The van der Waals surface area contributed by atoms with Crippen molar-refractivity contribution in [2.75, 3.05) is 123 Å². The molecule has 0 aliphatic heterocycles. The van der Waals surface area contributed by atoms with E-state index in [2.05, 4.69) is 61.9 Å². The maximum absolute atomic E-state index is 13.6. The summed E-state index contributed by atoms with van der Waals surface area (Å²) in [5.41, 5.74) is 10.0. The number of nitrogens with two attached hydrogens (primary N) is 3. The number of nitrogen functional groups attached to an aromatic ring is 2. The van der Waals surface area contributed by atoms with E-state index < -0.39 is 123 Å². The number of rotatable bonds is 40. The first kappa shape index (κ1) is 118. The number of aryl methyl sites for hydroxylation is 1. The number of aromatic carboxylic acids is 1. The van der Waals surface area contributed by atoms with Gasteiger partial charge in [-0.25, -0.2) is 42.7 Å². The Kier molecular flexibility index (Phi) is 48.3. The van der Waals surface area contributed by atoms with Crippen LogP contribution in [0.1, 0.15) is 121 Å². The van der Waals surface area contributed by atoms with Gasteiger partial charge in [-0.2, -0.15) is 60.0 Å². The number of carbonyl (C=O) groups excluding carboxylic acids is 9. The number of quaternary nitrogens is 1. The van der Waals surface area contributed by atoms with Gasteiger partial charge in [-0.15, -0.1) is 12.6 Å². The van der Waals surface area contributed by atoms with Crippen molar-refractivity contribution in [1.82, 2.24) is 60.3 Å². The number of ketones is 2. The first-order chi connectivity index (χ1) is 64.5. The van der Waals surface area contributed by atoms with Crippen molar-refractivity contribution in [3.05, 3.63) is 175 Å². The number of aromatic nitrogens is 8. The number of nitrogens with zero attached hydrogens (tertiary/aromatic N) is 11. The number of nitriles is 2. The number of halogens is 12. The molecule has 12 N–H and O–H groups in total. The third-order valence-corrected chi connectivity index (χ3v) is 18.1. The summed E-state index contributed by atoms with van der Waals surface area (Å²) in [5, 5.41) is 34.3. The lowest BCUT2D eigenvalue weighted by Crippen LogP contribution is -2.42. The van der Waals surface area contributed by atoms with E-state index in [1.807, 2.05) is 27.2 Å². The van der Waals surface area contributed by atoms with Crippen molar-refractivity contribution >= 4 is 131 Å². The van der Waals surface area contributed by atoms with Gasteiger partial charge in [0.15, 0.2) is 39.1 Å². The number of ether oxygens (including phenoxy) is 6. The fourth-order valence-corrected chi connectivity index (χ4v) is 11.0. The van der Waals surface area contributed by atoms with Gasteiger partial charge < -0.3 is 84.4 Å². The summed E-state index contributed by atoms with van der Waals surface area (Å²) in [6.45, 7) is 0.281. The summed E-state index contributed by atoms with van der Waals surface area (Å²) >= 11 is 0. The Hall–Kier alpha value is -14.6. The predicted octanol–water partition coefficient (Wildman–Crippen LogP) is 5.06. The lowest BCUT2D eigenvalue weighted by Gasteiger charge is -2.24. The zero-order chi connectivity index (χ0) is 104. The van der Waals surface area contributed by atoms with Crippen LogP contribution in [0.25, 0.3) is 22.3 Å². The molecule has 4 heterocycles. The van der Waals surface area contributed by atoms with Crippen LogP contribution in [-0.2, 0) is 91.0 Å². The van der Waals surface area contributed by atoms with Crippen molar-refractivity contribution in [3.63, 3.8) is 0 Å². The molecule has 0 aliphatic rings. The molecular weight excluding hydrogens is 1920 g/mol. The average molecular weight is 2010 g/mol. The second-order valence-corrected chi connectivity index (χ2v) is 30.2. The van der Waals surface area contributed by atoms with Gasteiger partial charge in [-0.05, 0) is 111 Å². The van der Waals surface area contributed by atoms with Crippen LogP contribution in [0.2, 0.25) is 0 Å². The van der Waals surface area contributed by atoms with Gasteiger partial charge in [-0.1, -0.05) is 6.07 Å². The average Bonchev–Trinajstić information content (AvgIpc) is 0.808. The second-order valence-electron chi connectivity index (χ2n) is 28.4. The van der Waals surface area contributed by atoms with E-state index in [-0.39, 0.29) is 163 Å². The van der Waals surface area contributed by atoms with Crippen molar-refractivity contribution < 1.29 is 160 Å². The maximum Gasteiger partial charge on any atom is 0.485 e. The van der Waals surface area contributed by atoms with E-state index in [0.717, 1.165) is 86.4 Å². The molecule has 8 aromatic rings. The molecule has 138 heavy (non-hydrogen) atoms. The highest BCUT2D eigenvalue weighted by atomic mass is 32.2. The van der Waals surface area contributed by atoms with Gasteiger partial charge in [0.25, 0.3) is 28.8 Å². The summed E-state index contributed by atoms with van der Waals surface area (Å²) in [7, 11) is -1.21. The number of carbonyl (C=O) groups is 10. The number of methoxy groups -OCH3 is 2. The van der Waals surface area contributed by atoms with Gasteiger partial charge in [0, 0.05) is 86.1 Å². The Morgan fingerprint density at radius 1 is 0.565 bits per heavy atom. The molecule has 0 saturated carbocycles. The van der Waals surface area contributed by atoms with Crippen molar-refractivity contribution in [2.24, 2.45) is 5.73 Å². The number of fused-ring (bicyclic) bond motifs is 2. The van der Waals surface area contributed by atoms with E-state index in [1.54, 1.807) is 31.2 Å². The number of benzene rings is 4. The van der Waals surface area contributed by atoms with Gasteiger partial charge in [-0.3, -0.25) is 67.4 Å². The number of carboxylic acids is 1. The number of anilines is 4. The quantitative estimate of drug-likeness (QED) is 0.00461. The Morgan fingerprint density at radius 2 is 0.928 bits per heavy atom. The molecule has 0 radical (unpaired) electrons. The standard InChI is InChI=1S/C40H45F3N10O9.C29H35F3N8O8.C9H7NO2.CHF3O3S.CF3.O3S/c1-53(2,3)31-14-9-25(20-26(31)21-44)34(55)46-15-17-62-19-18-61-16-5-6-29(54)12-13-30(37(58)60-4)49-35(56)24-7-10-28(11-8-24)52(38(59)40(41,42)43)23-27-22-47-33-32(48-27)36(57)51-39(45)50-33;1-46-26(44)21(9-8-20(41)3-2-11-47-13-14-48-12-10-33)37-24(42)17-4-6-19(7-5-17)40(27(45)29(30,31)32)16-18-15-35-23-22(36-18)25(43)39-28(34)38-23;1-6-2-3-7(9(11)12)4-8(6)5-10;2-1(3,4)8(5,6)7;2-1(3)4;1-4(2)3/h7-11,14,20,22,30H,5-6,12-13,15-19,23H2,1-4H3,(H4-,45,46,47,49,50,51,55,56,57);4-7,15,21H,2-3,8-14,16,33H2,1H3,(H,37,42)(H3,34,35,38,39,43);2-4H,1H3,(H,11,12);(H,5,6,7);;/q;;;;-1;/t30-;21-;;;;/m00..../s1. The fourth-order valence-electron chi connectivity index (χ4n) is 11.0. The third-order valence-electron chi connectivity index (χ3n) is 17.5. The predicted molar refractivity (Wildman–Crippen MR) is 456 cm³/mol. The maximum atomic E-state index is 13.6. The van der Waals surface area contributed by atoms with Crippen LogP contribution in [0.4, 0.5) is 81.6 Å². The molecule has 750 valence electrons. The minimum absolute atomic E-state index is 0.0416. The second kappa shape index (κ2) is 56.7. The monoisotopic (exact) mass is 2010 g/mol. The first-order valence-corrected chi connectivity index (χ1v) is 41.8. The summed E-state index contributed by atoms with van der Waals surface area (Å²) in [4.78, 5) is 176. The molecule has 58 heteroatoms. The molecule has 0 unspecified atom stereocenters. The van der Waals surface area contributed by atoms with Gasteiger partial charge in [0.2, 0.25) is 11.9 Å². The minimum atomic E-state index is -6.09. The van der Waals surface area contributed by atoms with E-state index in [1.165, 1.54) is 12.1 Å². The number of hydrogen-bond donors (Lipinski definition) is 9. The van der Waals surface area contributed by atoms with Gasteiger partial charge in [0.1, 0.15) is 41.0 Å². The number of aromatic amines is 2. The molecule has 0 bridgehead atoms. The number of amides is 5. The Morgan fingerprint density at radius 3 is 1.28 bits per heavy atom. The molecule has 0 saturated heterocycles. The van der Waals surface area contributed by atoms with Crippen molar-refractivity contribution in [3.8, 4) is 12.1 Å². The molecule has 8 rings (SSSR count). The third kappa shape index (κ3) is 41.7. The molecule has 5 amide bonds.